The second-order valence-corrected chi connectivity index (χ2v) is 7.07. The van der Waals surface area contributed by atoms with Gasteiger partial charge in [0, 0.05) is 0 Å². The predicted octanol–water partition coefficient (Wildman–Crippen LogP) is 5.34. The summed E-state index contributed by atoms with van der Waals surface area (Å²) in [4.78, 5) is 0. The monoisotopic (exact) mass is 318 g/mol. The Morgan fingerprint density at radius 1 is 1.27 bits per heavy atom. The van der Waals surface area contributed by atoms with E-state index in [1.807, 2.05) is 6.92 Å². The van der Waals surface area contributed by atoms with Crippen molar-refractivity contribution in [2.24, 2.45) is 17.3 Å². The molecule has 1 aliphatic carbocycles. The van der Waals surface area contributed by atoms with E-state index in [1.54, 1.807) is 0 Å². The van der Waals surface area contributed by atoms with Crippen LogP contribution in [0, 0.1) is 23.1 Å². The lowest BCUT2D eigenvalue weighted by molar-refractivity contribution is -0.140. The van der Waals surface area contributed by atoms with Gasteiger partial charge in [0.25, 0.3) is 0 Å². The van der Waals surface area contributed by atoms with Crippen molar-refractivity contribution < 1.29 is 22.7 Å². The van der Waals surface area contributed by atoms with Gasteiger partial charge in [-0.15, -0.1) is 0 Å². The highest BCUT2D eigenvalue weighted by molar-refractivity contribution is 5.28. The number of alkyl halides is 3. The molecule has 1 nitrogen and oxygen atoms in total. The topological polar surface area (TPSA) is 20.2 Å². The molecule has 0 aromatic heterocycles. The van der Waals surface area contributed by atoms with Crippen LogP contribution in [0.4, 0.5) is 17.6 Å². The predicted molar refractivity (Wildman–Crippen MR) is 76.6 cm³/mol. The first-order valence-electron chi connectivity index (χ1n) is 7.59. The summed E-state index contributed by atoms with van der Waals surface area (Å²) in [5.74, 6) is -1.19. The van der Waals surface area contributed by atoms with E-state index in [2.05, 4.69) is 13.8 Å². The second kappa shape index (κ2) is 5.84. The summed E-state index contributed by atoms with van der Waals surface area (Å²) in [6.07, 6.45) is -2.69. The summed E-state index contributed by atoms with van der Waals surface area (Å²) in [6, 6.07) is 2.73. The van der Waals surface area contributed by atoms with Crippen LogP contribution >= 0.6 is 0 Å². The van der Waals surface area contributed by atoms with Crippen LogP contribution in [0.15, 0.2) is 18.2 Å². The van der Waals surface area contributed by atoms with E-state index in [4.69, 9.17) is 0 Å². The third-order valence-corrected chi connectivity index (χ3v) is 4.98. The van der Waals surface area contributed by atoms with Gasteiger partial charge in [-0.2, -0.15) is 13.2 Å². The molecule has 0 amide bonds. The Morgan fingerprint density at radius 2 is 1.91 bits per heavy atom. The highest BCUT2D eigenvalue weighted by atomic mass is 19.4. The van der Waals surface area contributed by atoms with Crippen molar-refractivity contribution in [1.82, 2.24) is 0 Å². The van der Waals surface area contributed by atoms with E-state index in [1.165, 1.54) is 6.07 Å². The number of hydrogen-bond acceptors (Lipinski definition) is 1. The van der Waals surface area contributed by atoms with E-state index in [-0.39, 0.29) is 22.8 Å². The zero-order valence-electron chi connectivity index (χ0n) is 13.0. The average Bonchev–Trinajstić information content (AvgIpc) is 2.35. The van der Waals surface area contributed by atoms with E-state index in [9.17, 15) is 22.7 Å². The molecule has 1 unspecified atom stereocenters. The molecule has 0 saturated heterocycles. The van der Waals surface area contributed by atoms with E-state index in [0.29, 0.717) is 6.07 Å². The van der Waals surface area contributed by atoms with Gasteiger partial charge in [-0.3, -0.25) is 0 Å². The maximum atomic E-state index is 13.7. The molecule has 1 aromatic rings. The number of aliphatic hydroxyl groups is 1. The summed E-state index contributed by atoms with van der Waals surface area (Å²) in [6.45, 7) is 6.14. The van der Waals surface area contributed by atoms with Crippen molar-refractivity contribution in [2.75, 3.05) is 0 Å². The molecule has 5 heteroatoms. The summed E-state index contributed by atoms with van der Waals surface area (Å²) in [5.41, 5.74) is -1.20. The van der Waals surface area contributed by atoms with E-state index >= 15 is 0 Å². The molecular weight excluding hydrogens is 296 g/mol. The normalized spacial score (nSPS) is 26.7. The Morgan fingerprint density at radius 3 is 2.41 bits per heavy atom. The Hall–Kier alpha value is -1.10. The van der Waals surface area contributed by atoms with Gasteiger partial charge in [0.1, 0.15) is 5.82 Å². The molecule has 1 aromatic carbocycles. The first-order chi connectivity index (χ1) is 10.0. The van der Waals surface area contributed by atoms with Gasteiger partial charge >= 0.3 is 6.18 Å². The van der Waals surface area contributed by atoms with Crippen LogP contribution < -0.4 is 0 Å². The van der Waals surface area contributed by atoms with Crippen LogP contribution in [0.1, 0.15) is 57.3 Å². The fourth-order valence-electron chi connectivity index (χ4n) is 3.89. The highest BCUT2D eigenvalue weighted by Crippen LogP contribution is 2.49. The molecule has 124 valence electrons. The zero-order chi connectivity index (χ0) is 16.7. The number of halogens is 4. The first kappa shape index (κ1) is 17.3. The van der Waals surface area contributed by atoms with Crippen LogP contribution in [0.2, 0.25) is 0 Å². The van der Waals surface area contributed by atoms with Crippen molar-refractivity contribution in [3.8, 4) is 0 Å². The van der Waals surface area contributed by atoms with Crippen LogP contribution in [-0.4, -0.2) is 5.11 Å². The van der Waals surface area contributed by atoms with Gasteiger partial charge in [0.2, 0.25) is 0 Å². The van der Waals surface area contributed by atoms with Gasteiger partial charge in [-0.1, -0.05) is 39.7 Å². The third-order valence-electron chi connectivity index (χ3n) is 4.98. The molecule has 0 heterocycles. The first-order valence-corrected chi connectivity index (χ1v) is 7.59. The number of aliphatic hydroxyl groups excluding tert-OH is 1. The van der Waals surface area contributed by atoms with E-state index in [0.717, 1.165) is 25.3 Å². The molecule has 3 atom stereocenters. The lowest BCUT2D eigenvalue weighted by Crippen LogP contribution is -2.38. The average molecular weight is 318 g/mol. The van der Waals surface area contributed by atoms with Crippen LogP contribution in [0.5, 0.6) is 0 Å². The molecule has 1 aliphatic rings. The summed E-state index contributed by atoms with van der Waals surface area (Å²) < 4.78 is 51.6. The van der Waals surface area contributed by atoms with Crippen LogP contribution in [-0.2, 0) is 6.18 Å². The van der Waals surface area contributed by atoms with E-state index < -0.39 is 23.7 Å². The summed E-state index contributed by atoms with van der Waals surface area (Å²) in [7, 11) is 0. The van der Waals surface area contributed by atoms with Gasteiger partial charge in [-0.05, 0) is 41.4 Å². The standard InChI is InChI=1S/C17H22F4O/c1-10-5-4-8-16(2,3)14(10)15(22)11-6-7-12(13(18)9-11)17(19,20)21/h6-7,9-10,14-15,22H,4-5,8H2,1-3H3/t10-,14+,15?/m0/s1. The number of rotatable bonds is 2. The fraction of sp³-hybridized carbons (Fsp3) is 0.647. The van der Waals surface area contributed by atoms with Gasteiger partial charge in [0.15, 0.2) is 0 Å². The fourth-order valence-corrected chi connectivity index (χ4v) is 3.89. The number of benzene rings is 1. The molecule has 1 fully saturated rings. The molecule has 0 spiro atoms. The lowest BCUT2D eigenvalue weighted by atomic mass is 9.61. The lowest BCUT2D eigenvalue weighted by Gasteiger charge is -2.45. The molecule has 1 saturated carbocycles. The minimum Gasteiger partial charge on any atom is -0.388 e. The van der Waals surface area contributed by atoms with Crippen LogP contribution in [0.25, 0.3) is 0 Å². The summed E-state index contributed by atoms with van der Waals surface area (Å²) in [5, 5.41) is 10.6. The highest BCUT2D eigenvalue weighted by Gasteiger charge is 2.42. The van der Waals surface area contributed by atoms with Crippen molar-refractivity contribution in [2.45, 2.75) is 52.3 Å². The molecule has 0 aliphatic heterocycles. The van der Waals surface area contributed by atoms with Gasteiger partial charge in [0.05, 0.1) is 11.7 Å². The van der Waals surface area contributed by atoms with Crippen molar-refractivity contribution in [3.05, 3.63) is 35.1 Å². The second-order valence-electron chi connectivity index (χ2n) is 7.07. The van der Waals surface area contributed by atoms with Gasteiger partial charge < -0.3 is 5.11 Å². The van der Waals surface area contributed by atoms with Gasteiger partial charge in [-0.25, -0.2) is 4.39 Å². The van der Waals surface area contributed by atoms with Crippen molar-refractivity contribution >= 4 is 0 Å². The largest absolute Gasteiger partial charge is 0.419 e. The molecule has 1 N–H and O–H groups in total. The Labute approximate surface area is 128 Å². The minimum absolute atomic E-state index is 0.0996. The molecular formula is C17H22F4O. The van der Waals surface area contributed by atoms with Crippen LogP contribution in [0.3, 0.4) is 0 Å². The Balaban J connectivity index is 2.33. The molecule has 0 bridgehead atoms. The summed E-state index contributed by atoms with van der Waals surface area (Å²) >= 11 is 0. The molecule has 2 rings (SSSR count). The Kier molecular flexibility index (Phi) is 4.58. The Bertz CT molecular complexity index is 536. The third kappa shape index (κ3) is 3.29. The maximum Gasteiger partial charge on any atom is 0.419 e. The molecule has 22 heavy (non-hydrogen) atoms. The van der Waals surface area contributed by atoms with Crippen molar-refractivity contribution in [3.63, 3.8) is 0 Å². The SMILES string of the molecule is C[C@H]1CCCC(C)(C)[C@H]1C(O)c1ccc(C(F)(F)F)c(F)c1. The smallest absolute Gasteiger partial charge is 0.388 e. The molecule has 0 radical (unpaired) electrons. The van der Waals surface area contributed by atoms with Crippen molar-refractivity contribution in [1.29, 1.82) is 0 Å². The maximum absolute atomic E-state index is 13.7. The zero-order valence-corrected chi connectivity index (χ0v) is 13.0. The number of hydrogen-bond donors (Lipinski definition) is 1. The minimum atomic E-state index is -4.72. The quantitative estimate of drug-likeness (QED) is 0.730.